The van der Waals surface area contributed by atoms with E-state index in [-0.39, 0.29) is 11.4 Å². The molecule has 1 saturated heterocycles. The highest BCUT2D eigenvalue weighted by molar-refractivity contribution is 14.1. The highest BCUT2D eigenvalue weighted by atomic mass is 127. The Kier molecular flexibility index (Phi) is 4.50. The molecule has 1 aromatic carbocycles. The molecular weight excluding hydrogens is 351 g/mol. The predicted molar refractivity (Wildman–Crippen MR) is 86.4 cm³/mol. The van der Waals surface area contributed by atoms with E-state index in [1.165, 1.54) is 0 Å². The van der Waals surface area contributed by atoms with Crippen LogP contribution in [0.1, 0.15) is 31.1 Å². The minimum absolute atomic E-state index is 0.165. The van der Waals surface area contributed by atoms with Gasteiger partial charge in [0.1, 0.15) is 0 Å². The second-order valence-electron chi connectivity index (χ2n) is 5.93. The van der Waals surface area contributed by atoms with Crippen LogP contribution >= 0.6 is 22.6 Å². The fraction of sp³-hybridized carbons (Fsp3) is 0.533. The van der Waals surface area contributed by atoms with Crippen LogP contribution in [0.3, 0.4) is 0 Å². The molecule has 3 nitrogen and oxygen atoms in total. The van der Waals surface area contributed by atoms with E-state index in [4.69, 9.17) is 0 Å². The number of benzene rings is 1. The molecule has 0 saturated carbocycles. The van der Waals surface area contributed by atoms with Gasteiger partial charge in [-0.25, -0.2) is 0 Å². The Morgan fingerprint density at radius 1 is 1.11 bits per heavy atom. The Morgan fingerprint density at radius 2 is 1.68 bits per heavy atom. The first-order valence-corrected chi connectivity index (χ1v) is 7.76. The highest BCUT2D eigenvalue weighted by Crippen LogP contribution is 2.19. The molecular formula is C15H21IN2O. The Hall–Kier alpha value is -0.620. The van der Waals surface area contributed by atoms with Crippen molar-refractivity contribution in [2.24, 2.45) is 0 Å². The normalized spacial score (nSPS) is 17.6. The zero-order valence-electron chi connectivity index (χ0n) is 11.8. The summed E-state index contributed by atoms with van der Waals surface area (Å²) in [6, 6.07) is 7.80. The number of amides is 1. The van der Waals surface area contributed by atoms with Crippen molar-refractivity contribution in [3.05, 3.63) is 33.4 Å². The van der Waals surface area contributed by atoms with Crippen LogP contribution in [0.4, 0.5) is 0 Å². The number of rotatable bonds is 1. The minimum atomic E-state index is 0.165. The first-order valence-electron chi connectivity index (χ1n) is 6.68. The van der Waals surface area contributed by atoms with E-state index in [1.807, 2.05) is 29.2 Å². The van der Waals surface area contributed by atoms with Gasteiger partial charge in [-0.3, -0.25) is 9.69 Å². The van der Waals surface area contributed by atoms with Crippen LogP contribution in [0.15, 0.2) is 24.3 Å². The van der Waals surface area contributed by atoms with Crippen LogP contribution in [0.5, 0.6) is 0 Å². The zero-order chi connectivity index (χ0) is 14.0. The molecule has 1 aromatic rings. The van der Waals surface area contributed by atoms with Crippen LogP contribution in [-0.2, 0) is 0 Å². The summed E-state index contributed by atoms with van der Waals surface area (Å²) in [6.45, 7) is 10.2. The molecule has 1 aliphatic rings. The Bertz CT molecular complexity index is 459. The summed E-state index contributed by atoms with van der Waals surface area (Å²) in [5.41, 5.74) is 1.02. The molecule has 0 spiro atoms. The second-order valence-corrected chi connectivity index (χ2v) is 7.09. The smallest absolute Gasteiger partial charge is 0.255 e. The summed E-state index contributed by atoms with van der Waals surface area (Å²) in [4.78, 5) is 16.9. The van der Waals surface area contributed by atoms with Crippen molar-refractivity contribution >= 4 is 28.5 Å². The van der Waals surface area contributed by atoms with Gasteiger partial charge in [0.05, 0.1) is 5.56 Å². The molecule has 1 amide bonds. The van der Waals surface area contributed by atoms with E-state index in [0.29, 0.717) is 0 Å². The van der Waals surface area contributed by atoms with Crippen molar-refractivity contribution in [2.45, 2.75) is 26.3 Å². The highest BCUT2D eigenvalue weighted by Gasteiger charge is 2.28. The maximum absolute atomic E-state index is 12.5. The van der Waals surface area contributed by atoms with Crippen molar-refractivity contribution in [3.63, 3.8) is 0 Å². The lowest BCUT2D eigenvalue weighted by atomic mass is 10.0. The zero-order valence-corrected chi connectivity index (χ0v) is 14.0. The van der Waals surface area contributed by atoms with Gasteiger partial charge in [-0.1, -0.05) is 12.1 Å². The van der Waals surface area contributed by atoms with Crippen molar-refractivity contribution < 1.29 is 4.79 Å². The number of carbonyl (C=O) groups excluding carboxylic acids is 1. The van der Waals surface area contributed by atoms with E-state index < -0.39 is 0 Å². The van der Waals surface area contributed by atoms with Gasteiger partial charge in [-0.05, 0) is 55.5 Å². The number of nitrogens with zero attached hydrogens (tertiary/aromatic N) is 2. The first kappa shape index (κ1) is 14.8. The molecule has 0 radical (unpaired) electrons. The summed E-state index contributed by atoms with van der Waals surface area (Å²) in [5, 5.41) is 0. The third-order valence-electron chi connectivity index (χ3n) is 3.62. The molecule has 0 N–H and O–H groups in total. The van der Waals surface area contributed by atoms with E-state index in [0.717, 1.165) is 35.3 Å². The standard InChI is InChI=1S/C15H21IN2O/c1-15(2,3)18-10-8-17(9-11-18)14(19)12-6-4-5-7-13(12)16/h4-7H,8-11H2,1-3H3. The molecule has 104 valence electrons. The lowest BCUT2D eigenvalue weighted by Crippen LogP contribution is -2.54. The van der Waals surface area contributed by atoms with Gasteiger partial charge in [0.2, 0.25) is 0 Å². The molecule has 1 fully saturated rings. The lowest BCUT2D eigenvalue weighted by Gasteiger charge is -2.42. The van der Waals surface area contributed by atoms with E-state index in [2.05, 4.69) is 48.3 Å². The van der Waals surface area contributed by atoms with Crippen molar-refractivity contribution in [2.75, 3.05) is 26.2 Å². The third kappa shape index (κ3) is 3.48. The van der Waals surface area contributed by atoms with Gasteiger partial charge in [0.25, 0.3) is 5.91 Å². The average molecular weight is 372 g/mol. The van der Waals surface area contributed by atoms with Gasteiger partial charge in [0.15, 0.2) is 0 Å². The molecule has 0 unspecified atom stereocenters. The van der Waals surface area contributed by atoms with Crippen LogP contribution in [-0.4, -0.2) is 47.4 Å². The van der Waals surface area contributed by atoms with Gasteiger partial charge >= 0.3 is 0 Å². The Morgan fingerprint density at radius 3 is 2.21 bits per heavy atom. The van der Waals surface area contributed by atoms with Gasteiger partial charge in [-0.2, -0.15) is 0 Å². The van der Waals surface area contributed by atoms with Gasteiger partial charge in [-0.15, -0.1) is 0 Å². The van der Waals surface area contributed by atoms with Crippen molar-refractivity contribution in [1.82, 2.24) is 9.80 Å². The average Bonchev–Trinajstić information content (AvgIpc) is 2.38. The van der Waals surface area contributed by atoms with Gasteiger partial charge in [0, 0.05) is 35.3 Å². The second kappa shape index (κ2) is 5.79. The van der Waals surface area contributed by atoms with Crippen LogP contribution < -0.4 is 0 Å². The molecule has 0 aromatic heterocycles. The molecule has 1 heterocycles. The summed E-state index contributed by atoms with van der Waals surface area (Å²) in [6.07, 6.45) is 0. The fourth-order valence-corrected chi connectivity index (χ4v) is 3.00. The number of hydrogen-bond acceptors (Lipinski definition) is 2. The maximum atomic E-state index is 12.5. The van der Waals surface area contributed by atoms with Crippen molar-refractivity contribution in [1.29, 1.82) is 0 Å². The molecule has 0 bridgehead atoms. The monoisotopic (exact) mass is 372 g/mol. The number of hydrogen-bond donors (Lipinski definition) is 0. The number of halogens is 1. The first-order chi connectivity index (χ1) is 8.89. The largest absolute Gasteiger partial charge is 0.336 e. The third-order valence-corrected chi connectivity index (χ3v) is 4.56. The predicted octanol–water partition coefficient (Wildman–Crippen LogP) is 2.85. The Balaban J connectivity index is 2.03. The molecule has 0 aliphatic carbocycles. The summed E-state index contributed by atoms with van der Waals surface area (Å²) >= 11 is 2.23. The summed E-state index contributed by atoms with van der Waals surface area (Å²) in [7, 11) is 0. The van der Waals surface area contributed by atoms with Gasteiger partial charge < -0.3 is 4.90 Å². The van der Waals surface area contributed by atoms with E-state index in [9.17, 15) is 4.79 Å². The van der Waals surface area contributed by atoms with E-state index >= 15 is 0 Å². The topological polar surface area (TPSA) is 23.6 Å². The van der Waals surface area contributed by atoms with Crippen LogP contribution in [0, 0.1) is 3.57 Å². The number of piperazine rings is 1. The minimum Gasteiger partial charge on any atom is -0.336 e. The number of carbonyl (C=O) groups is 1. The molecule has 0 atom stereocenters. The maximum Gasteiger partial charge on any atom is 0.255 e. The fourth-order valence-electron chi connectivity index (χ4n) is 2.39. The molecule has 2 rings (SSSR count). The Labute approximate surface area is 129 Å². The van der Waals surface area contributed by atoms with Crippen molar-refractivity contribution in [3.8, 4) is 0 Å². The van der Waals surface area contributed by atoms with Crippen LogP contribution in [0.25, 0.3) is 0 Å². The van der Waals surface area contributed by atoms with Crippen LogP contribution in [0.2, 0.25) is 0 Å². The summed E-state index contributed by atoms with van der Waals surface area (Å²) < 4.78 is 1.03. The SMILES string of the molecule is CC(C)(C)N1CCN(C(=O)c2ccccc2I)CC1. The van der Waals surface area contributed by atoms with E-state index in [1.54, 1.807) is 0 Å². The summed E-state index contributed by atoms with van der Waals surface area (Å²) in [5.74, 6) is 0.165. The quantitative estimate of drug-likeness (QED) is 0.708. The lowest BCUT2D eigenvalue weighted by molar-refractivity contribution is 0.0450. The molecule has 4 heteroatoms. The molecule has 1 aliphatic heterocycles. The molecule has 19 heavy (non-hydrogen) atoms.